The second-order valence-corrected chi connectivity index (χ2v) is 4.69. The molecule has 18 heavy (non-hydrogen) atoms. The molecular weight excluding hydrogens is 228 g/mol. The molecule has 1 N–H and O–H groups in total. The second-order valence-electron chi connectivity index (χ2n) is 4.69. The molecule has 2 rings (SSSR count). The van der Waals surface area contributed by atoms with Crippen LogP contribution in [0.3, 0.4) is 0 Å². The van der Waals surface area contributed by atoms with Gasteiger partial charge in [-0.15, -0.1) is 6.42 Å². The molecule has 94 valence electrons. The summed E-state index contributed by atoms with van der Waals surface area (Å²) in [5.41, 5.74) is 0.957. The molecule has 4 nitrogen and oxygen atoms in total. The first kappa shape index (κ1) is 12.4. The molecule has 1 aromatic rings. The van der Waals surface area contributed by atoms with Crippen LogP contribution < -0.4 is 4.90 Å². The number of carbonyl (C=O) groups is 1. The summed E-state index contributed by atoms with van der Waals surface area (Å²) in [4.78, 5) is 17.4. The summed E-state index contributed by atoms with van der Waals surface area (Å²) in [6.07, 6.45) is 7.80. The van der Waals surface area contributed by atoms with E-state index in [0.29, 0.717) is 24.0 Å². The van der Waals surface area contributed by atoms with Gasteiger partial charge in [-0.05, 0) is 37.8 Å². The van der Waals surface area contributed by atoms with E-state index in [2.05, 4.69) is 10.9 Å². The summed E-state index contributed by atoms with van der Waals surface area (Å²) in [6, 6.07) is 3.16. The van der Waals surface area contributed by atoms with Gasteiger partial charge < -0.3 is 10.0 Å². The Morgan fingerprint density at radius 1 is 1.61 bits per heavy atom. The molecule has 1 aliphatic rings. The number of carboxylic acid groups (broad SMARTS) is 1. The van der Waals surface area contributed by atoms with Crippen LogP contribution in [-0.2, 0) is 0 Å². The molecule has 0 amide bonds. The van der Waals surface area contributed by atoms with Crippen LogP contribution in [-0.4, -0.2) is 29.1 Å². The van der Waals surface area contributed by atoms with Crippen molar-refractivity contribution in [3.05, 3.63) is 23.4 Å². The highest BCUT2D eigenvalue weighted by Crippen LogP contribution is 2.31. The fourth-order valence-electron chi connectivity index (χ4n) is 1.90. The van der Waals surface area contributed by atoms with Crippen LogP contribution in [0.1, 0.15) is 28.9 Å². The fraction of sp³-hybridized carbons (Fsp3) is 0.429. The van der Waals surface area contributed by atoms with Crippen molar-refractivity contribution in [1.29, 1.82) is 0 Å². The molecule has 1 aliphatic carbocycles. The number of pyridine rings is 1. The summed E-state index contributed by atoms with van der Waals surface area (Å²) in [5.74, 6) is 3.01. The van der Waals surface area contributed by atoms with Crippen LogP contribution in [0.15, 0.2) is 12.1 Å². The highest BCUT2D eigenvalue weighted by atomic mass is 16.4. The number of nitrogens with zero attached hydrogens (tertiary/aromatic N) is 2. The van der Waals surface area contributed by atoms with Gasteiger partial charge in [-0.25, -0.2) is 9.78 Å². The zero-order chi connectivity index (χ0) is 13.1. The highest BCUT2D eigenvalue weighted by Gasteiger charge is 2.25. The van der Waals surface area contributed by atoms with Gasteiger partial charge in [0.15, 0.2) is 0 Å². The molecule has 4 heteroatoms. The first-order valence-corrected chi connectivity index (χ1v) is 6.00. The van der Waals surface area contributed by atoms with Crippen LogP contribution in [0, 0.1) is 25.2 Å². The number of hydrogen-bond donors (Lipinski definition) is 1. The predicted octanol–water partition coefficient (Wildman–Crippen LogP) is 1.94. The molecule has 0 radical (unpaired) electrons. The third-order valence-electron chi connectivity index (χ3n) is 2.97. The summed E-state index contributed by atoms with van der Waals surface area (Å²) < 4.78 is 0. The number of hydrogen-bond acceptors (Lipinski definition) is 3. The van der Waals surface area contributed by atoms with E-state index in [1.54, 1.807) is 19.1 Å². The summed E-state index contributed by atoms with van der Waals surface area (Å²) in [6.45, 7) is 3.12. The monoisotopic (exact) mass is 244 g/mol. The van der Waals surface area contributed by atoms with Crippen molar-refractivity contribution in [3.8, 4) is 12.3 Å². The Hall–Kier alpha value is -2.02. The van der Waals surface area contributed by atoms with Crippen LogP contribution in [0.25, 0.3) is 0 Å². The zero-order valence-corrected chi connectivity index (χ0v) is 10.4. The van der Waals surface area contributed by atoms with Crippen molar-refractivity contribution in [2.75, 3.05) is 18.0 Å². The maximum atomic E-state index is 11.0. The lowest BCUT2D eigenvalue weighted by Crippen LogP contribution is -2.27. The lowest BCUT2D eigenvalue weighted by Gasteiger charge is -2.21. The van der Waals surface area contributed by atoms with Crippen molar-refractivity contribution < 1.29 is 9.90 Å². The molecule has 0 aromatic carbocycles. The van der Waals surface area contributed by atoms with Crippen molar-refractivity contribution >= 4 is 11.8 Å². The fourth-order valence-corrected chi connectivity index (χ4v) is 1.90. The van der Waals surface area contributed by atoms with E-state index in [4.69, 9.17) is 11.5 Å². The number of rotatable bonds is 5. The van der Waals surface area contributed by atoms with Gasteiger partial charge in [0.05, 0.1) is 12.1 Å². The van der Waals surface area contributed by atoms with Crippen LogP contribution in [0.4, 0.5) is 5.82 Å². The normalized spacial score (nSPS) is 14.0. The van der Waals surface area contributed by atoms with Gasteiger partial charge >= 0.3 is 5.97 Å². The molecule has 1 saturated carbocycles. The van der Waals surface area contributed by atoms with Gasteiger partial charge in [0, 0.05) is 12.2 Å². The number of terminal acetylenes is 1. The lowest BCUT2D eigenvalue weighted by molar-refractivity contribution is 0.0696. The van der Waals surface area contributed by atoms with Crippen molar-refractivity contribution in [2.45, 2.75) is 19.8 Å². The van der Waals surface area contributed by atoms with Crippen molar-refractivity contribution in [1.82, 2.24) is 4.98 Å². The van der Waals surface area contributed by atoms with Gasteiger partial charge in [0.25, 0.3) is 0 Å². The first-order chi connectivity index (χ1) is 8.60. The molecule has 0 aliphatic heterocycles. The molecule has 1 heterocycles. The topological polar surface area (TPSA) is 53.4 Å². The van der Waals surface area contributed by atoms with Gasteiger partial charge in [-0.1, -0.05) is 5.92 Å². The molecule has 0 atom stereocenters. The molecule has 0 spiro atoms. The molecular formula is C14H16N2O2. The Morgan fingerprint density at radius 2 is 2.33 bits per heavy atom. The standard InChI is InChI=1S/C14H16N2O2/c1-3-6-16(9-11-4-5-11)13-8-12(14(17)18)7-10(2)15-13/h1,7-8,11H,4-6,9H2,2H3,(H,17,18). The van der Waals surface area contributed by atoms with E-state index in [0.717, 1.165) is 6.54 Å². The minimum absolute atomic E-state index is 0.260. The van der Waals surface area contributed by atoms with E-state index >= 15 is 0 Å². The Kier molecular flexibility index (Phi) is 3.52. The average molecular weight is 244 g/mol. The zero-order valence-electron chi connectivity index (χ0n) is 10.4. The smallest absolute Gasteiger partial charge is 0.335 e. The Balaban J connectivity index is 2.27. The maximum Gasteiger partial charge on any atom is 0.335 e. The lowest BCUT2D eigenvalue weighted by atomic mass is 10.2. The van der Waals surface area contributed by atoms with Crippen LogP contribution >= 0.6 is 0 Å². The maximum absolute atomic E-state index is 11.0. The first-order valence-electron chi connectivity index (χ1n) is 6.00. The van der Waals surface area contributed by atoms with E-state index in [9.17, 15) is 4.79 Å². The van der Waals surface area contributed by atoms with E-state index in [1.165, 1.54) is 12.8 Å². The summed E-state index contributed by atoms with van der Waals surface area (Å²) in [7, 11) is 0. The quantitative estimate of drug-likeness (QED) is 0.804. The SMILES string of the molecule is C#CCN(CC1CC1)c1cc(C(=O)O)cc(C)n1. The van der Waals surface area contributed by atoms with E-state index < -0.39 is 5.97 Å². The van der Waals surface area contributed by atoms with Gasteiger partial charge in [-0.2, -0.15) is 0 Å². The minimum atomic E-state index is -0.936. The van der Waals surface area contributed by atoms with Crippen molar-refractivity contribution in [3.63, 3.8) is 0 Å². The molecule has 0 unspecified atom stereocenters. The van der Waals surface area contributed by atoms with E-state index in [-0.39, 0.29) is 5.56 Å². The number of aromatic nitrogens is 1. The third kappa shape index (κ3) is 3.01. The van der Waals surface area contributed by atoms with Crippen molar-refractivity contribution in [2.24, 2.45) is 5.92 Å². The van der Waals surface area contributed by atoms with E-state index in [1.807, 2.05) is 4.90 Å². The number of anilines is 1. The summed E-state index contributed by atoms with van der Waals surface area (Å²) in [5, 5.41) is 9.05. The average Bonchev–Trinajstić information content (AvgIpc) is 3.11. The predicted molar refractivity (Wildman–Crippen MR) is 69.7 cm³/mol. The molecule has 1 aromatic heterocycles. The Morgan fingerprint density at radius 3 is 2.89 bits per heavy atom. The van der Waals surface area contributed by atoms with Gasteiger partial charge in [-0.3, -0.25) is 0 Å². The largest absolute Gasteiger partial charge is 0.478 e. The minimum Gasteiger partial charge on any atom is -0.478 e. The van der Waals surface area contributed by atoms with Gasteiger partial charge in [0.2, 0.25) is 0 Å². The summed E-state index contributed by atoms with van der Waals surface area (Å²) >= 11 is 0. The third-order valence-corrected chi connectivity index (χ3v) is 2.97. The Labute approximate surface area is 107 Å². The Bertz CT molecular complexity index is 501. The number of aromatic carboxylic acids is 1. The molecule has 1 fully saturated rings. The number of aryl methyl sites for hydroxylation is 1. The van der Waals surface area contributed by atoms with Gasteiger partial charge in [0.1, 0.15) is 5.82 Å². The second kappa shape index (κ2) is 5.09. The van der Waals surface area contributed by atoms with Crippen LogP contribution in [0.2, 0.25) is 0 Å². The highest BCUT2D eigenvalue weighted by molar-refractivity contribution is 5.88. The number of carboxylic acids is 1. The molecule has 0 bridgehead atoms. The molecule has 0 saturated heterocycles. The van der Waals surface area contributed by atoms with Crippen LogP contribution in [0.5, 0.6) is 0 Å².